The topological polar surface area (TPSA) is 46.3 Å². The van der Waals surface area contributed by atoms with Gasteiger partial charge in [-0.3, -0.25) is 9.69 Å². The van der Waals surface area contributed by atoms with Gasteiger partial charge in [-0.15, -0.1) is 0 Å². The van der Waals surface area contributed by atoms with Crippen LogP contribution in [0.2, 0.25) is 0 Å². The van der Waals surface area contributed by atoms with E-state index < -0.39 is 0 Å². The summed E-state index contributed by atoms with van der Waals surface area (Å²) in [4.78, 5) is 13.5. The molecule has 1 aliphatic rings. The van der Waals surface area contributed by atoms with Crippen molar-refractivity contribution in [3.8, 4) is 0 Å². The van der Waals surface area contributed by atoms with Gasteiger partial charge in [0.15, 0.2) is 0 Å². The van der Waals surface area contributed by atoms with Gasteiger partial charge in [0.25, 0.3) is 0 Å². The van der Waals surface area contributed by atoms with Crippen LogP contribution in [-0.4, -0.2) is 36.4 Å². The van der Waals surface area contributed by atoms with Crippen LogP contribution >= 0.6 is 0 Å². The molecule has 2 unspecified atom stereocenters. The van der Waals surface area contributed by atoms with Crippen LogP contribution in [0.1, 0.15) is 20.3 Å². The van der Waals surface area contributed by atoms with E-state index >= 15 is 0 Å². The second-order valence-corrected chi connectivity index (χ2v) is 3.65. The van der Waals surface area contributed by atoms with E-state index in [1.165, 1.54) is 0 Å². The zero-order valence-electron chi connectivity index (χ0n) is 7.92. The van der Waals surface area contributed by atoms with Gasteiger partial charge in [-0.1, -0.05) is 6.92 Å². The molecule has 0 aromatic carbocycles. The standard InChI is InChI=1S/C9H18N2O/c1-7-3-5-11(6-4-10)9(7)8(2)12/h7,9H,3-6,10H2,1-2H3. The molecule has 0 amide bonds. The molecule has 2 atom stereocenters. The maximum absolute atomic E-state index is 11.3. The Morgan fingerprint density at radius 1 is 1.67 bits per heavy atom. The van der Waals surface area contributed by atoms with Crippen molar-refractivity contribution in [1.29, 1.82) is 0 Å². The lowest BCUT2D eigenvalue weighted by molar-refractivity contribution is -0.122. The quantitative estimate of drug-likeness (QED) is 0.660. The van der Waals surface area contributed by atoms with Gasteiger partial charge >= 0.3 is 0 Å². The molecule has 0 spiro atoms. The van der Waals surface area contributed by atoms with Gasteiger partial charge in [0.1, 0.15) is 5.78 Å². The van der Waals surface area contributed by atoms with Crippen molar-refractivity contribution in [1.82, 2.24) is 4.90 Å². The molecule has 0 aromatic rings. The van der Waals surface area contributed by atoms with Gasteiger partial charge in [-0.2, -0.15) is 0 Å². The van der Waals surface area contributed by atoms with Crippen molar-refractivity contribution in [3.05, 3.63) is 0 Å². The fraction of sp³-hybridized carbons (Fsp3) is 0.889. The monoisotopic (exact) mass is 170 g/mol. The first kappa shape index (κ1) is 9.68. The third-order valence-electron chi connectivity index (χ3n) is 2.64. The number of likely N-dealkylation sites (tertiary alicyclic amines) is 1. The molecule has 0 aliphatic carbocycles. The highest BCUT2D eigenvalue weighted by Crippen LogP contribution is 2.23. The molecule has 0 saturated carbocycles. The summed E-state index contributed by atoms with van der Waals surface area (Å²) in [5.41, 5.74) is 5.46. The third kappa shape index (κ3) is 1.84. The van der Waals surface area contributed by atoms with Crippen LogP contribution in [0.15, 0.2) is 0 Å². The van der Waals surface area contributed by atoms with E-state index in [9.17, 15) is 4.79 Å². The first-order valence-corrected chi connectivity index (χ1v) is 4.61. The summed E-state index contributed by atoms with van der Waals surface area (Å²) in [6, 6.07) is 0.133. The first-order valence-electron chi connectivity index (χ1n) is 4.61. The summed E-state index contributed by atoms with van der Waals surface area (Å²) in [6.07, 6.45) is 1.13. The van der Waals surface area contributed by atoms with Gasteiger partial charge < -0.3 is 5.73 Å². The van der Waals surface area contributed by atoms with Crippen molar-refractivity contribution in [2.75, 3.05) is 19.6 Å². The average molecular weight is 170 g/mol. The largest absolute Gasteiger partial charge is 0.329 e. The Hall–Kier alpha value is -0.410. The molecule has 3 nitrogen and oxygen atoms in total. The molecule has 1 fully saturated rings. The minimum atomic E-state index is 0.133. The molecule has 0 bridgehead atoms. The van der Waals surface area contributed by atoms with E-state index in [0.717, 1.165) is 19.5 Å². The molecule has 1 saturated heterocycles. The number of carbonyl (C=O) groups is 1. The summed E-state index contributed by atoms with van der Waals surface area (Å²) in [6.45, 7) is 6.35. The van der Waals surface area contributed by atoms with Crippen molar-refractivity contribution in [3.63, 3.8) is 0 Å². The van der Waals surface area contributed by atoms with Gasteiger partial charge in [-0.05, 0) is 25.8 Å². The molecule has 2 N–H and O–H groups in total. The van der Waals surface area contributed by atoms with Crippen molar-refractivity contribution in [2.45, 2.75) is 26.3 Å². The number of nitrogens with two attached hydrogens (primary N) is 1. The number of hydrogen-bond acceptors (Lipinski definition) is 3. The van der Waals surface area contributed by atoms with Crippen LogP contribution in [0.25, 0.3) is 0 Å². The van der Waals surface area contributed by atoms with Gasteiger partial charge in [0.2, 0.25) is 0 Å². The molecular weight excluding hydrogens is 152 g/mol. The summed E-state index contributed by atoms with van der Waals surface area (Å²) < 4.78 is 0. The van der Waals surface area contributed by atoms with E-state index in [-0.39, 0.29) is 11.8 Å². The van der Waals surface area contributed by atoms with E-state index in [1.54, 1.807) is 6.92 Å². The molecule has 1 rings (SSSR count). The number of rotatable bonds is 3. The highest BCUT2D eigenvalue weighted by molar-refractivity contribution is 5.82. The normalized spacial score (nSPS) is 30.9. The minimum Gasteiger partial charge on any atom is -0.329 e. The smallest absolute Gasteiger partial charge is 0.147 e. The van der Waals surface area contributed by atoms with Crippen LogP contribution in [0.3, 0.4) is 0 Å². The third-order valence-corrected chi connectivity index (χ3v) is 2.64. The zero-order chi connectivity index (χ0) is 9.14. The maximum atomic E-state index is 11.3. The second-order valence-electron chi connectivity index (χ2n) is 3.65. The number of Topliss-reactive ketones (excluding diaryl/α,β-unsaturated/α-hetero) is 1. The lowest BCUT2D eigenvalue weighted by Gasteiger charge is -2.23. The molecule has 12 heavy (non-hydrogen) atoms. The highest BCUT2D eigenvalue weighted by Gasteiger charge is 2.33. The molecule has 1 aliphatic heterocycles. The van der Waals surface area contributed by atoms with E-state index in [4.69, 9.17) is 5.73 Å². The van der Waals surface area contributed by atoms with Crippen molar-refractivity contribution < 1.29 is 4.79 Å². The zero-order valence-corrected chi connectivity index (χ0v) is 7.92. The fourth-order valence-electron chi connectivity index (χ4n) is 2.10. The van der Waals surface area contributed by atoms with Gasteiger partial charge in [0.05, 0.1) is 6.04 Å². The fourth-order valence-corrected chi connectivity index (χ4v) is 2.10. The van der Waals surface area contributed by atoms with Gasteiger partial charge in [0, 0.05) is 13.1 Å². The average Bonchev–Trinajstić information content (AvgIpc) is 2.32. The number of hydrogen-bond donors (Lipinski definition) is 1. The Kier molecular flexibility index (Phi) is 3.23. The Morgan fingerprint density at radius 3 is 2.83 bits per heavy atom. The first-order chi connectivity index (χ1) is 5.66. The molecular formula is C9H18N2O. The van der Waals surface area contributed by atoms with Gasteiger partial charge in [-0.25, -0.2) is 0 Å². The predicted molar refractivity (Wildman–Crippen MR) is 48.9 cm³/mol. The number of ketones is 1. The van der Waals surface area contributed by atoms with Crippen LogP contribution in [-0.2, 0) is 4.79 Å². The predicted octanol–water partition coefficient (Wildman–Crippen LogP) is 0.244. The lowest BCUT2D eigenvalue weighted by atomic mass is 10.00. The van der Waals surface area contributed by atoms with Crippen LogP contribution in [0.5, 0.6) is 0 Å². The van der Waals surface area contributed by atoms with E-state index in [0.29, 0.717) is 12.5 Å². The lowest BCUT2D eigenvalue weighted by Crippen LogP contribution is -2.40. The van der Waals surface area contributed by atoms with Crippen molar-refractivity contribution in [2.24, 2.45) is 11.7 Å². The van der Waals surface area contributed by atoms with Crippen LogP contribution in [0.4, 0.5) is 0 Å². The Bertz CT molecular complexity index is 168. The second kappa shape index (κ2) is 4.01. The maximum Gasteiger partial charge on any atom is 0.147 e. The van der Waals surface area contributed by atoms with E-state index in [2.05, 4.69) is 11.8 Å². The van der Waals surface area contributed by atoms with Crippen molar-refractivity contribution >= 4 is 5.78 Å². The Labute approximate surface area is 73.9 Å². The summed E-state index contributed by atoms with van der Waals surface area (Å²) in [7, 11) is 0. The SMILES string of the molecule is CC(=O)C1C(C)CCN1CCN. The van der Waals surface area contributed by atoms with E-state index in [1.807, 2.05) is 0 Å². The van der Waals surface area contributed by atoms with Crippen LogP contribution < -0.4 is 5.73 Å². The number of carbonyl (C=O) groups excluding carboxylic acids is 1. The number of nitrogens with zero attached hydrogens (tertiary/aromatic N) is 1. The molecule has 0 aromatic heterocycles. The summed E-state index contributed by atoms with van der Waals surface area (Å²) in [5.74, 6) is 0.794. The minimum absolute atomic E-state index is 0.133. The molecule has 3 heteroatoms. The molecule has 70 valence electrons. The summed E-state index contributed by atoms with van der Waals surface area (Å²) >= 11 is 0. The molecule has 0 radical (unpaired) electrons. The summed E-state index contributed by atoms with van der Waals surface area (Å²) in [5, 5.41) is 0. The van der Waals surface area contributed by atoms with Crippen LogP contribution in [0, 0.1) is 5.92 Å². The highest BCUT2D eigenvalue weighted by atomic mass is 16.1. The Balaban J connectivity index is 2.57. The Morgan fingerprint density at radius 2 is 2.33 bits per heavy atom. The molecule has 1 heterocycles.